The molecule has 1 aromatic carbocycles. The van der Waals surface area contributed by atoms with E-state index < -0.39 is 5.82 Å². The predicted molar refractivity (Wildman–Crippen MR) is 73.9 cm³/mol. The molecule has 1 aromatic rings. The molecule has 0 aliphatic heterocycles. The number of aliphatic hydroxyl groups is 1. The van der Waals surface area contributed by atoms with Crippen molar-refractivity contribution in [3.05, 3.63) is 28.0 Å². The van der Waals surface area contributed by atoms with Crippen LogP contribution in [-0.4, -0.2) is 17.8 Å². The molecule has 0 bridgehead atoms. The monoisotopic (exact) mass is 326 g/mol. The van der Waals surface area contributed by atoms with Crippen LogP contribution in [0.3, 0.4) is 0 Å². The van der Waals surface area contributed by atoms with Crippen molar-refractivity contribution in [2.24, 2.45) is 0 Å². The van der Waals surface area contributed by atoms with Crippen molar-refractivity contribution in [3.63, 3.8) is 0 Å². The van der Waals surface area contributed by atoms with Crippen molar-refractivity contribution in [2.45, 2.75) is 25.9 Å². The third-order valence-electron chi connectivity index (χ3n) is 2.22. The Kier molecular flexibility index (Phi) is 7.01. The molecule has 1 rings (SSSR count). The van der Waals surface area contributed by atoms with Gasteiger partial charge in [0.1, 0.15) is 5.82 Å². The highest BCUT2D eigenvalue weighted by molar-refractivity contribution is 9.10. The highest BCUT2D eigenvalue weighted by Gasteiger charge is 2.15. The smallest absolute Gasteiger partial charge is 0.147 e. The molecule has 0 amide bonds. The van der Waals surface area contributed by atoms with Gasteiger partial charge in [-0.1, -0.05) is 13.8 Å². The van der Waals surface area contributed by atoms with Gasteiger partial charge in [-0.3, -0.25) is 0 Å². The molecule has 0 fully saturated rings. The maximum atomic E-state index is 13.4. The van der Waals surface area contributed by atoms with Gasteiger partial charge in [0, 0.05) is 10.5 Å². The van der Waals surface area contributed by atoms with Gasteiger partial charge < -0.3 is 16.2 Å². The summed E-state index contributed by atoms with van der Waals surface area (Å²) in [6, 6.07) is 2.98. The minimum atomic E-state index is -0.478. The van der Waals surface area contributed by atoms with E-state index in [0.717, 1.165) is 0 Å². The normalized spacial score (nSPS) is 12.4. The van der Waals surface area contributed by atoms with E-state index in [0.29, 0.717) is 10.0 Å². The fourth-order valence-corrected chi connectivity index (χ4v) is 1.92. The van der Waals surface area contributed by atoms with E-state index in [2.05, 4.69) is 21.2 Å². The number of nitrogens with two attached hydrogens (primary N) is 1. The number of aliphatic hydroxyl groups excluding tert-OH is 1. The second kappa shape index (κ2) is 7.16. The highest BCUT2D eigenvalue weighted by atomic mass is 79.9. The summed E-state index contributed by atoms with van der Waals surface area (Å²) in [7, 11) is 0. The maximum Gasteiger partial charge on any atom is 0.147 e. The first kappa shape index (κ1) is 16.6. The molecule has 17 heavy (non-hydrogen) atoms. The Morgan fingerprint density at radius 3 is 2.47 bits per heavy atom. The average molecular weight is 328 g/mol. The van der Waals surface area contributed by atoms with E-state index >= 15 is 0 Å². The Morgan fingerprint density at radius 1 is 1.47 bits per heavy atom. The third kappa shape index (κ3) is 4.43. The predicted octanol–water partition coefficient (Wildman–Crippen LogP) is 2.62. The minimum Gasteiger partial charge on any atom is -0.395 e. The summed E-state index contributed by atoms with van der Waals surface area (Å²) in [6.45, 7) is 3.84. The van der Waals surface area contributed by atoms with Crippen molar-refractivity contribution < 1.29 is 9.50 Å². The average Bonchev–Trinajstić information content (AvgIpc) is 2.21. The Balaban J connectivity index is 0.00000256. The van der Waals surface area contributed by atoms with E-state index in [9.17, 15) is 9.50 Å². The van der Waals surface area contributed by atoms with Gasteiger partial charge >= 0.3 is 0 Å². The molecule has 1 atom stereocenters. The summed E-state index contributed by atoms with van der Waals surface area (Å²) in [5.74, 6) is -0.478. The molecule has 0 radical (unpaired) electrons. The summed E-state index contributed by atoms with van der Waals surface area (Å²) in [4.78, 5) is 0. The number of nitrogens with one attached hydrogen (secondary N) is 1. The molecule has 0 saturated heterocycles. The van der Waals surface area contributed by atoms with E-state index in [1.54, 1.807) is 6.07 Å². The van der Waals surface area contributed by atoms with Gasteiger partial charge in [-0.2, -0.15) is 0 Å². The summed E-state index contributed by atoms with van der Waals surface area (Å²) in [5.41, 5.74) is 6.25. The maximum absolute atomic E-state index is 13.4. The molecule has 0 aromatic heterocycles. The molecule has 98 valence electrons. The Hall–Kier alpha value is -0.360. The van der Waals surface area contributed by atoms with Crippen molar-refractivity contribution in [1.29, 1.82) is 0 Å². The quantitative estimate of drug-likeness (QED) is 0.745. The van der Waals surface area contributed by atoms with E-state index in [4.69, 9.17) is 5.73 Å². The van der Waals surface area contributed by atoms with Crippen LogP contribution in [0.4, 0.5) is 10.1 Å². The lowest BCUT2D eigenvalue weighted by atomic mass is 10.1. The van der Waals surface area contributed by atoms with Gasteiger partial charge in [-0.05, 0) is 33.6 Å². The minimum absolute atomic E-state index is 0. The van der Waals surface area contributed by atoms with Crippen LogP contribution in [0.15, 0.2) is 16.6 Å². The van der Waals surface area contributed by atoms with Crippen LogP contribution in [0.5, 0.6) is 0 Å². The third-order valence-corrected chi connectivity index (χ3v) is 2.88. The van der Waals surface area contributed by atoms with E-state index in [-0.39, 0.29) is 36.8 Å². The van der Waals surface area contributed by atoms with Gasteiger partial charge in [0.2, 0.25) is 0 Å². The summed E-state index contributed by atoms with van der Waals surface area (Å²) in [5, 5.41) is 12.4. The molecule has 1 unspecified atom stereocenters. The van der Waals surface area contributed by atoms with Crippen LogP contribution in [0.2, 0.25) is 0 Å². The van der Waals surface area contributed by atoms with Crippen molar-refractivity contribution >= 4 is 34.0 Å². The van der Waals surface area contributed by atoms with Crippen molar-refractivity contribution in [3.8, 4) is 0 Å². The first-order chi connectivity index (χ1) is 7.45. The highest BCUT2D eigenvalue weighted by Crippen LogP contribution is 2.27. The van der Waals surface area contributed by atoms with Crippen molar-refractivity contribution in [2.75, 3.05) is 12.3 Å². The lowest BCUT2D eigenvalue weighted by molar-refractivity contribution is 0.237. The second-order valence-corrected chi connectivity index (χ2v) is 4.81. The number of benzene rings is 1. The van der Waals surface area contributed by atoms with Gasteiger partial charge in [-0.25, -0.2) is 4.39 Å². The lowest BCUT2D eigenvalue weighted by Gasteiger charge is -2.20. The summed E-state index contributed by atoms with van der Waals surface area (Å²) in [6.07, 6.45) is 0. The molecule has 3 nitrogen and oxygen atoms in total. The van der Waals surface area contributed by atoms with Crippen molar-refractivity contribution in [1.82, 2.24) is 5.32 Å². The molecule has 0 aliphatic rings. The number of hydrogen-bond donors (Lipinski definition) is 3. The van der Waals surface area contributed by atoms with E-state index in [1.165, 1.54) is 6.07 Å². The summed E-state index contributed by atoms with van der Waals surface area (Å²) >= 11 is 3.19. The van der Waals surface area contributed by atoms with Crippen LogP contribution in [0.1, 0.15) is 25.5 Å². The molecular weight excluding hydrogens is 310 g/mol. The SMILES string of the molecule is CC(C)NC(CO)c1cc(F)c(N)c(Br)c1.Cl. The zero-order valence-electron chi connectivity index (χ0n) is 9.71. The molecule has 0 saturated carbocycles. The molecule has 0 heterocycles. The largest absolute Gasteiger partial charge is 0.395 e. The summed E-state index contributed by atoms with van der Waals surface area (Å²) < 4.78 is 13.9. The molecule has 0 aliphatic carbocycles. The van der Waals surface area contributed by atoms with Crippen LogP contribution >= 0.6 is 28.3 Å². The number of nitrogen functional groups attached to an aromatic ring is 1. The zero-order chi connectivity index (χ0) is 12.3. The molecule has 6 heteroatoms. The molecule has 0 spiro atoms. The topological polar surface area (TPSA) is 58.3 Å². The number of rotatable bonds is 4. The fourth-order valence-electron chi connectivity index (χ4n) is 1.46. The lowest BCUT2D eigenvalue weighted by Crippen LogP contribution is -2.30. The van der Waals surface area contributed by atoms with Crippen LogP contribution in [0.25, 0.3) is 0 Å². The van der Waals surface area contributed by atoms with Gasteiger partial charge in [0.05, 0.1) is 18.3 Å². The number of halogens is 3. The Morgan fingerprint density at radius 2 is 2.06 bits per heavy atom. The Bertz CT molecular complexity index is 353. The Labute approximate surface area is 115 Å². The van der Waals surface area contributed by atoms with Crippen LogP contribution in [0, 0.1) is 5.82 Å². The first-order valence-corrected chi connectivity index (χ1v) is 5.86. The number of anilines is 1. The number of hydrogen-bond acceptors (Lipinski definition) is 3. The molecular formula is C11H17BrClFN2O. The zero-order valence-corrected chi connectivity index (χ0v) is 12.1. The first-order valence-electron chi connectivity index (χ1n) is 5.07. The van der Waals surface area contributed by atoms with Gasteiger partial charge in [-0.15, -0.1) is 12.4 Å². The fraction of sp³-hybridized carbons (Fsp3) is 0.455. The second-order valence-electron chi connectivity index (χ2n) is 3.95. The van der Waals surface area contributed by atoms with Gasteiger partial charge in [0.15, 0.2) is 0 Å². The van der Waals surface area contributed by atoms with Crippen LogP contribution < -0.4 is 11.1 Å². The van der Waals surface area contributed by atoms with E-state index in [1.807, 2.05) is 13.8 Å². The van der Waals surface area contributed by atoms with Crippen LogP contribution in [-0.2, 0) is 0 Å². The molecule has 4 N–H and O–H groups in total. The standard InChI is InChI=1S/C11H16BrFN2O.ClH/c1-6(2)15-10(5-16)7-3-8(12)11(14)9(13)4-7;/h3-4,6,10,15-16H,5,14H2,1-2H3;1H. The van der Waals surface area contributed by atoms with Gasteiger partial charge in [0.25, 0.3) is 0 Å².